The minimum absolute atomic E-state index is 1.24. The van der Waals surface area contributed by atoms with Gasteiger partial charge in [0.2, 0.25) is 12.6 Å². The Morgan fingerprint density at radius 3 is 2.00 bits per heavy atom. The van der Waals surface area contributed by atoms with Crippen LogP contribution < -0.4 is 0 Å². The van der Waals surface area contributed by atoms with Crippen LogP contribution in [-0.4, -0.2) is 25.2 Å². The van der Waals surface area contributed by atoms with Crippen molar-refractivity contribution in [2.45, 2.75) is 12.6 Å². The summed E-state index contributed by atoms with van der Waals surface area (Å²) in [4.78, 5) is 0. The largest absolute Gasteiger partial charge is 0.405 e. The molecule has 2 rings (SSSR count). The van der Waals surface area contributed by atoms with E-state index in [1.807, 2.05) is 0 Å². The molecule has 7 nitrogen and oxygen atoms in total. The molecule has 0 aromatic carbocycles. The number of hydrogen-bond acceptors (Lipinski definition) is 7. The Hall–Kier alpha value is -0.0600. The second kappa shape index (κ2) is 2.21. The summed E-state index contributed by atoms with van der Waals surface area (Å²) in [5.41, 5.74) is 0. The average molecular weight is 202 g/mol. The van der Waals surface area contributed by atoms with Crippen LogP contribution in [0.2, 0.25) is 0 Å². The molecule has 0 aromatic heterocycles. The molecule has 2 aliphatic rings. The molecule has 2 fully saturated rings. The molecule has 0 radical (unpaired) electrons. The van der Waals surface area contributed by atoms with Crippen LogP contribution in [0.25, 0.3) is 0 Å². The van der Waals surface area contributed by atoms with Gasteiger partial charge in [0.1, 0.15) is 0 Å². The second-order valence-electron chi connectivity index (χ2n) is 1.73. The van der Waals surface area contributed by atoms with Gasteiger partial charge in [0.15, 0.2) is 0 Å². The fraction of sp³-hybridized carbons (Fsp3) is 1.00. The molecule has 11 heavy (non-hydrogen) atoms. The molecule has 2 saturated heterocycles. The van der Waals surface area contributed by atoms with Crippen LogP contribution in [0, 0.1) is 0 Å². The highest BCUT2D eigenvalue weighted by Gasteiger charge is 2.49. The quantitative estimate of drug-likeness (QED) is 0.475. The fourth-order valence-electron chi connectivity index (χ4n) is 0.646. The van der Waals surface area contributed by atoms with E-state index in [-0.39, 0.29) is 0 Å². The van der Waals surface area contributed by atoms with Gasteiger partial charge in [-0.15, -0.1) is 0 Å². The maximum absolute atomic E-state index is 10.4. The summed E-state index contributed by atoms with van der Waals surface area (Å²) in [6.07, 6.45) is -2.47. The molecule has 0 aromatic rings. The van der Waals surface area contributed by atoms with Crippen molar-refractivity contribution in [2.24, 2.45) is 0 Å². The topological polar surface area (TPSA) is 88.1 Å². The zero-order valence-corrected chi connectivity index (χ0v) is 6.46. The van der Waals surface area contributed by atoms with E-state index >= 15 is 0 Å². The van der Waals surface area contributed by atoms with E-state index in [0.29, 0.717) is 0 Å². The lowest BCUT2D eigenvalue weighted by Gasteiger charge is -1.93. The molecule has 0 saturated carbocycles. The minimum Gasteiger partial charge on any atom is -0.229 e. The van der Waals surface area contributed by atoms with Crippen LogP contribution in [0.1, 0.15) is 0 Å². The third kappa shape index (κ3) is 1.30. The van der Waals surface area contributed by atoms with Gasteiger partial charge in [-0.3, -0.25) is 0 Å². The lowest BCUT2D eigenvalue weighted by atomic mass is 10.6. The zero-order valence-electron chi connectivity index (χ0n) is 4.83. The van der Waals surface area contributed by atoms with Crippen LogP contribution in [0.15, 0.2) is 0 Å². The van der Waals surface area contributed by atoms with Gasteiger partial charge in [-0.05, 0) is 0 Å². The predicted octanol–water partition coefficient (Wildman–Crippen LogP) is -1.44. The molecule has 0 aliphatic carbocycles. The Morgan fingerprint density at radius 2 is 1.55 bits per heavy atom. The zero-order chi connectivity index (χ0) is 8.06. The van der Waals surface area contributed by atoms with E-state index < -0.39 is 34.3 Å². The van der Waals surface area contributed by atoms with Gasteiger partial charge in [-0.2, -0.15) is 12.6 Å². The minimum atomic E-state index is -4.01. The first kappa shape index (κ1) is 7.58. The second-order valence-corrected chi connectivity index (χ2v) is 3.73. The maximum Gasteiger partial charge on any atom is 0.405 e. The molecule has 0 spiro atoms. The van der Waals surface area contributed by atoms with E-state index in [1.165, 1.54) is 0 Å². The number of fused-ring (bicyclic) bond motifs is 1. The third-order valence-electron chi connectivity index (χ3n) is 0.994. The van der Waals surface area contributed by atoms with Crippen LogP contribution in [0.4, 0.5) is 0 Å². The van der Waals surface area contributed by atoms with Crippen molar-refractivity contribution >= 4 is 21.8 Å². The van der Waals surface area contributed by atoms with E-state index in [1.54, 1.807) is 0 Å². The summed E-state index contributed by atoms with van der Waals surface area (Å²) in [7, 11) is -4.01. The first-order chi connectivity index (χ1) is 5.07. The van der Waals surface area contributed by atoms with E-state index in [4.69, 9.17) is 0 Å². The van der Waals surface area contributed by atoms with Gasteiger partial charge >= 0.3 is 21.8 Å². The highest BCUT2D eigenvalue weighted by molar-refractivity contribution is 7.82. The van der Waals surface area contributed by atoms with Gasteiger partial charge < -0.3 is 0 Å². The molecule has 0 bridgehead atoms. The summed E-state index contributed by atoms with van der Waals surface area (Å²) >= 11 is -1.98. The Morgan fingerprint density at radius 1 is 1.09 bits per heavy atom. The monoisotopic (exact) mass is 202 g/mol. The van der Waals surface area contributed by atoms with Crippen LogP contribution in [0.5, 0.6) is 0 Å². The summed E-state index contributed by atoms with van der Waals surface area (Å²) in [5, 5.41) is 0. The van der Waals surface area contributed by atoms with Crippen molar-refractivity contribution in [1.82, 2.24) is 0 Å². The molecule has 64 valence electrons. The summed E-state index contributed by atoms with van der Waals surface area (Å²) in [6.45, 7) is 0. The van der Waals surface area contributed by atoms with Gasteiger partial charge in [0.05, 0.1) is 0 Å². The Kier molecular flexibility index (Phi) is 1.53. The first-order valence-corrected chi connectivity index (χ1v) is 4.78. The van der Waals surface area contributed by atoms with Gasteiger partial charge in [-0.25, -0.2) is 16.7 Å². The molecular weight excluding hydrogens is 200 g/mol. The van der Waals surface area contributed by atoms with Crippen LogP contribution >= 0.6 is 0 Å². The summed E-state index contributed by atoms with van der Waals surface area (Å²) < 4.78 is 48.3. The molecular formula is C2H2O7S2. The summed E-state index contributed by atoms with van der Waals surface area (Å²) in [6, 6.07) is 0. The standard InChI is InChI=1S/C2H2O7S2/c3-10-6-1-2(7-10)9-11(4,5)8-1/h1-2H. The predicted molar refractivity (Wildman–Crippen MR) is 29.0 cm³/mol. The van der Waals surface area contributed by atoms with Crippen LogP contribution in [0.3, 0.4) is 0 Å². The van der Waals surface area contributed by atoms with Crippen molar-refractivity contribution in [3.63, 3.8) is 0 Å². The van der Waals surface area contributed by atoms with E-state index in [9.17, 15) is 12.6 Å². The van der Waals surface area contributed by atoms with Crippen molar-refractivity contribution in [3.05, 3.63) is 0 Å². The molecule has 2 atom stereocenters. The average Bonchev–Trinajstić information content (AvgIpc) is 2.17. The molecule has 0 N–H and O–H groups in total. The van der Waals surface area contributed by atoms with Crippen molar-refractivity contribution in [2.75, 3.05) is 0 Å². The Labute approximate surface area is 64.4 Å². The van der Waals surface area contributed by atoms with Crippen molar-refractivity contribution < 1.29 is 29.4 Å². The van der Waals surface area contributed by atoms with Gasteiger partial charge in [0.25, 0.3) is 0 Å². The van der Waals surface area contributed by atoms with E-state index in [0.717, 1.165) is 0 Å². The SMILES string of the molecule is O=S1OC2OS(=O)(=O)OC2O1. The van der Waals surface area contributed by atoms with Crippen molar-refractivity contribution in [1.29, 1.82) is 0 Å². The Bertz CT molecular complexity index is 270. The lowest BCUT2D eigenvalue weighted by Crippen LogP contribution is -2.16. The molecule has 2 aliphatic heterocycles. The lowest BCUT2D eigenvalue weighted by molar-refractivity contribution is -0.0419. The number of hydrogen-bond donors (Lipinski definition) is 0. The third-order valence-corrected chi connectivity index (χ3v) is 2.54. The normalized spacial score (nSPS) is 47.5. The number of rotatable bonds is 0. The molecule has 2 unspecified atom stereocenters. The first-order valence-electron chi connectivity index (χ1n) is 2.44. The van der Waals surface area contributed by atoms with E-state index in [2.05, 4.69) is 16.7 Å². The van der Waals surface area contributed by atoms with Crippen molar-refractivity contribution in [3.8, 4) is 0 Å². The smallest absolute Gasteiger partial charge is 0.229 e. The maximum atomic E-state index is 10.4. The Balaban J connectivity index is 2.22. The summed E-state index contributed by atoms with van der Waals surface area (Å²) in [5.74, 6) is 0. The van der Waals surface area contributed by atoms with Gasteiger partial charge in [0, 0.05) is 0 Å². The highest BCUT2D eigenvalue weighted by atomic mass is 32.3. The fourth-order valence-corrected chi connectivity index (χ4v) is 2.13. The molecule has 2 heterocycles. The van der Waals surface area contributed by atoms with Crippen LogP contribution in [-0.2, 0) is 38.5 Å². The molecule has 0 amide bonds. The molecule has 9 heteroatoms. The highest BCUT2D eigenvalue weighted by Crippen LogP contribution is 2.29. The van der Waals surface area contributed by atoms with Gasteiger partial charge in [-0.1, -0.05) is 0 Å².